The monoisotopic (exact) mass is 414 g/mol. The molecule has 1 atom stereocenters. The van der Waals surface area contributed by atoms with E-state index in [1.165, 1.54) is 6.07 Å². The van der Waals surface area contributed by atoms with E-state index in [2.05, 4.69) is 10.2 Å². The molecule has 2 aromatic rings. The van der Waals surface area contributed by atoms with Gasteiger partial charge in [-0.3, -0.25) is 9.69 Å². The van der Waals surface area contributed by atoms with Gasteiger partial charge in [0.25, 0.3) is 0 Å². The molecule has 1 amide bonds. The zero-order chi connectivity index (χ0) is 18.7. The normalized spacial score (nSPS) is 17.9. The second-order valence-corrected chi connectivity index (χ2v) is 7.61. The predicted octanol–water partition coefficient (Wildman–Crippen LogP) is 5.64. The van der Waals surface area contributed by atoms with Crippen LogP contribution in [0.25, 0.3) is 0 Å². The molecule has 1 fully saturated rings. The second-order valence-electron chi connectivity index (χ2n) is 6.39. The summed E-state index contributed by atoms with van der Waals surface area (Å²) in [6.45, 7) is 1.75. The Bertz CT molecular complexity index is 795. The highest BCUT2D eigenvalue weighted by Gasteiger charge is 2.27. The molecule has 0 spiro atoms. The van der Waals surface area contributed by atoms with E-state index in [1.807, 2.05) is 0 Å². The lowest BCUT2D eigenvalue weighted by Gasteiger charge is -2.32. The molecule has 0 radical (unpaired) electrons. The van der Waals surface area contributed by atoms with Gasteiger partial charge in [-0.15, -0.1) is 0 Å². The van der Waals surface area contributed by atoms with Crippen LogP contribution in [0.2, 0.25) is 15.1 Å². The minimum absolute atomic E-state index is 0.0762. The Labute approximate surface area is 167 Å². The summed E-state index contributed by atoms with van der Waals surface area (Å²) in [5.41, 5.74) is 1.08. The van der Waals surface area contributed by atoms with Gasteiger partial charge in [0.2, 0.25) is 5.91 Å². The van der Waals surface area contributed by atoms with Crippen molar-refractivity contribution in [2.24, 2.45) is 5.92 Å². The van der Waals surface area contributed by atoms with Crippen molar-refractivity contribution in [1.29, 1.82) is 0 Å². The van der Waals surface area contributed by atoms with Crippen molar-refractivity contribution >= 4 is 46.4 Å². The molecule has 1 heterocycles. The molecule has 0 aromatic heterocycles. The Morgan fingerprint density at radius 2 is 1.96 bits per heavy atom. The molecule has 2 aromatic carbocycles. The highest BCUT2D eigenvalue weighted by molar-refractivity contribution is 6.42. The number of rotatable bonds is 4. The van der Waals surface area contributed by atoms with Crippen molar-refractivity contribution in [3.63, 3.8) is 0 Å². The first kappa shape index (κ1) is 19.4. The lowest BCUT2D eigenvalue weighted by molar-refractivity contribution is -0.121. The lowest BCUT2D eigenvalue weighted by Crippen LogP contribution is -2.40. The van der Waals surface area contributed by atoms with Gasteiger partial charge in [-0.1, -0.05) is 40.9 Å². The Kier molecular flexibility index (Phi) is 6.41. The molecule has 1 N–H and O–H groups in total. The first-order valence-corrected chi connectivity index (χ1v) is 9.48. The first-order chi connectivity index (χ1) is 12.4. The fourth-order valence-electron chi connectivity index (χ4n) is 3.14. The van der Waals surface area contributed by atoms with Crippen LogP contribution in [0.3, 0.4) is 0 Å². The average molecular weight is 416 g/mol. The predicted molar refractivity (Wildman–Crippen MR) is 105 cm³/mol. The third kappa shape index (κ3) is 4.68. The lowest BCUT2D eigenvalue weighted by atomic mass is 9.96. The second kappa shape index (κ2) is 8.57. The molecule has 1 aliphatic heterocycles. The molecule has 1 aliphatic rings. The van der Waals surface area contributed by atoms with Crippen molar-refractivity contribution < 1.29 is 9.18 Å². The Hall–Kier alpha value is -1.33. The first-order valence-electron chi connectivity index (χ1n) is 8.35. The van der Waals surface area contributed by atoms with Crippen LogP contribution in [0.1, 0.15) is 18.4 Å². The molecule has 26 heavy (non-hydrogen) atoms. The maximum atomic E-state index is 14.0. The van der Waals surface area contributed by atoms with Crippen molar-refractivity contribution in [1.82, 2.24) is 4.90 Å². The van der Waals surface area contributed by atoms with Crippen molar-refractivity contribution in [3.8, 4) is 0 Å². The number of carbonyl (C=O) groups excluding carboxylic acids is 1. The number of hydrogen-bond acceptors (Lipinski definition) is 2. The summed E-state index contributed by atoms with van der Waals surface area (Å²) in [5, 5.41) is 4.12. The van der Waals surface area contributed by atoms with Gasteiger partial charge >= 0.3 is 0 Å². The van der Waals surface area contributed by atoms with Gasteiger partial charge in [0.15, 0.2) is 0 Å². The quantitative estimate of drug-likeness (QED) is 0.701. The summed E-state index contributed by atoms with van der Waals surface area (Å²) < 4.78 is 14.0. The third-order valence-corrected chi connectivity index (χ3v) is 5.60. The van der Waals surface area contributed by atoms with Gasteiger partial charge in [0.05, 0.1) is 16.0 Å². The van der Waals surface area contributed by atoms with Crippen molar-refractivity contribution in [2.45, 2.75) is 19.4 Å². The summed E-state index contributed by atoms with van der Waals surface area (Å²) in [4.78, 5) is 14.6. The average Bonchev–Trinajstić information content (AvgIpc) is 2.62. The molecular formula is C19H18Cl3FN2O. The van der Waals surface area contributed by atoms with E-state index in [0.29, 0.717) is 39.4 Å². The van der Waals surface area contributed by atoms with Gasteiger partial charge in [0.1, 0.15) is 5.82 Å². The fourth-order valence-corrected chi connectivity index (χ4v) is 3.66. The van der Waals surface area contributed by atoms with Crippen molar-refractivity contribution in [3.05, 3.63) is 62.8 Å². The number of carbonyl (C=O) groups is 1. The van der Waals surface area contributed by atoms with Gasteiger partial charge in [-0.05, 0) is 49.7 Å². The molecule has 0 bridgehead atoms. The van der Waals surface area contributed by atoms with E-state index in [0.717, 1.165) is 19.4 Å². The summed E-state index contributed by atoms with van der Waals surface area (Å²) in [6.07, 6.45) is 1.65. The van der Waals surface area contributed by atoms with E-state index in [-0.39, 0.29) is 17.6 Å². The van der Waals surface area contributed by atoms with E-state index in [1.54, 1.807) is 30.3 Å². The standard InChI is InChI=1S/C19H18Cl3FN2O/c20-15-4-1-5-18(23)14(15)11-25-8-2-3-12(10-25)19(26)24-13-6-7-16(21)17(22)9-13/h1,4-7,9,12H,2-3,8,10-11H2,(H,24,26). The maximum Gasteiger partial charge on any atom is 0.228 e. The molecule has 1 saturated heterocycles. The molecule has 1 unspecified atom stereocenters. The zero-order valence-corrected chi connectivity index (χ0v) is 16.2. The summed E-state index contributed by atoms with van der Waals surface area (Å²) in [6, 6.07) is 9.66. The maximum absolute atomic E-state index is 14.0. The van der Waals surface area contributed by atoms with E-state index in [4.69, 9.17) is 34.8 Å². The highest BCUT2D eigenvalue weighted by atomic mass is 35.5. The molecule has 3 nitrogen and oxygen atoms in total. The number of hydrogen-bond donors (Lipinski definition) is 1. The van der Waals surface area contributed by atoms with Crippen LogP contribution < -0.4 is 5.32 Å². The largest absolute Gasteiger partial charge is 0.326 e. The van der Waals surface area contributed by atoms with Crippen LogP contribution in [0.15, 0.2) is 36.4 Å². The van der Waals surface area contributed by atoms with Crippen LogP contribution in [0.5, 0.6) is 0 Å². The number of anilines is 1. The zero-order valence-electron chi connectivity index (χ0n) is 13.9. The molecule has 0 saturated carbocycles. The molecule has 138 valence electrons. The van der Waals surface area contributed by atoms with Gasteiger partial charge in [-0.25, -0.2) is 4.39 Å². The number of likely N-dealkylation sites (tertiary alicyclic amines) is 1. The van der Waals surface area contributed by atoms with Gasteiger partial charge in [-0.2, -0.15) is 0 Å². The number of amides is 1. The fraction of sp³-hybridized carbons (Fsp3) is 0.316. The Morgan fingerprint density at radius 3 is 2.69 bits per heavy atom. The minimum Gasteiger partial charge on any atom is -0.326 e. The van der Waals surface area contributed by atoms with Crippen LogP contribution in [-0.4, -0.2) is 23.9 Å². The molecular weight excluding hydrogens is 398 g/mol. The van der Waals surface area contributed by atoms with E-state index >= 15 is 0 Å². The number of piperidine rings is 1. The van der Waals surface area contributed by atoms with Crippen LogP contribution in [0, 0.1) is 11.7 Å². The number of nitrogens with zero attached hydrogens (tertiary/aromatic N) is 1. The van der Waals surface area contributed by atoms with Crippen LogP contribution in [0.4, 0.5) is 10.1 Å². The number of nitrogens with one attached hydrogen (secondary N) is 1. The number of benzene rings is 2. The van der Waals surface area contributed by atoms with Crippen molar-refractivity contribution in [2.75, 3.05) is 18.4 Å². The molecule has 3 rings (SSSR count). The third-order valence-electron chi connectivity index (χ3n) is 4.51. The van der Waals surface area contributed by atoms with Crippen LogP contribution >= 0.6 is 34.8 Å². The minimum atomic E-state index is -0.320. The molecule has 0 aliphatic carbocycles. The van der Waals surface area contributed by atoms with E-state index < -0.39 is 0 Å². The SMILES string of the molecule is O=C(Nc1ccc(Cl)c(Cl)c1)C1CCCN(Cc2c(F)cccc2Cl)C1. The van der Waals surface area contributed by atoms with Crippen LogP contribution in [-0.2, 0) is 11.3 Å². The topological polar surface area (TPSA) is 32.3 Å². The molecule has 7 heteroatoms. The summed E-state index contributed by atoms with van der Waals surface area (Å²) in [7, 11) is 0. The number of halogens is 4. The van der Waals surface area contributed by atoms with Gasteiger partial charge in [0, 0.05) is 29.4 Å². The highest BCUT2D eigenvalue weighted by Crippen LogP contribution is 2.27. The van der Waals surface area contributed by atoms with E-state index in [9.17, 15) is 9.18 Å². The Morgan fingerprint density at radius 1 is 1.15 bits per heavy atom. The summed E-state index contributed by atoms with van der Waals surface area (Å²) in [5.74, 6) is -0.573. The smallest absolute Gasteiger partial charge is 0.228 e. The summed E-state index contributed by atoms with van der Waals surface area (Å²) >= 11 is 18.0. The van der Waals surface area contributed by atoms with Gasteiger partial charge < -0.3 is 5.32 Å². The Balaban J connectivity index is 1.64.